The highest BCUT2D eigenvalue weighted by atomic mass is 79.9. The Labute approximate surface area is 116 Å². The fourth-order valence-electron chi connectivity index (χ4n) is 1.24. The number of hydrogen-bond donors (Lipinski definition) is 1. The number of hydrogen-bond acceptors (Lipinski definition) is 4. The molecule has 2 N–H and O–H groups in total. The second-order valence-corrected chi connectivity index (χ2v) is 4.75. The van der Waals surface area contributed by atoms with E-state index in [9.17, 15) is 4.39 Å². The smallest absolute Gasteiger partial charge is 0.227 e. The number of benzene rings is 1. The molecule has 0 bridgehead atoms. The Morgan fingerprint density at radius 1 is 1.39 bits per heavy atom. The van der Waals surface area contributed by atoms with Crippen LogP contribution in [0.4, 0.5) is 10.2 Å². The first-order valence-corrected chi connectivity index (χ1v) is 6.05. The molecule has 1 heterocycles. The normalized spacial score (nSPS) is 10.4. The second-order valence-electron chi connectivity index (χ2n) is 3.49. The van der Waals surface area contributed by atoms with Crippen molar-refractivity contribution in [2.75, 3.05) is 5.73 Å². The Bertz CT molecular complexity index is 609. The lowest BCUT2D eigenvalue weighted by Crippen LogP contribution is -1.99. The molecule has 2 rings (SSSR count). The van der Waals surface area contributed by atoms with E-state index in [2.05, 4.69) is 25.9 Å². The Hall–Kier alpha value is -1.40. The number of nitrogens with zero attached hydrogens (tertiary/aromatic N) is 2. The van der Waals surface area contributed by atoms with Crippen LogP contribution in [0.25, 0.3) is 0 Å². The summed E-state index contributed by atoms with van der Waals surface area (Å²) in [4.78, 5) is 7.73. The molecule has 94 valence electrons. The van der Waals surface area contributed by atoms with E-state index < -0.39 is 5.82 Å². The van der Waals surface area contributed by atoms with Crippen molar-refractivity contribution in [1.29, 1.82) is 0 Å². The van der Waals surface area contributed by atoms with Gasteiger partial charge in [0.2, 0.25) is 5.88 Å². The summed E-state index contributed by atoms with van der Waals surface area (Å²) in [5, 5.41) is 0.264. The number of rotatable bonds is 2. The number of nitrogens with two attached hydrogens (primary N) is 1. The summed E-state index contributed by atoms with van der Waals surface area (Å²) in [6.45, 7) is 1.70. The van der Waals surface area contributed by atoms with Crippen molar-refractivity contribution in [3.05, 3.63) is 39.3 Å². The van der Waals surface area contributed by atoms with Crippen LogP contribution in [0.15, 0.2) is 22.9 Å². The maximum Gasteiger partial charge on any atom is 0.227 e. The van der Waals surface area contributed by atoms with Crippen molar-refractivity contribution < 1.29 is 9.13 Å². The fraction of sp³-hybridized carbons (Fsp3) is 0.0909. The van der Waals surface area contributed by atoms with Gasteiger partial charge in [0.25, 0.3) is 0 Å². The lowest BCUT2D eigenvalue weighted by Gasteiger charge is -2.10. The first kappa shape index (κ1) is 13.0. The first-order chi connectivity index (χ1) is 8.49. The summed E-state index contributed by atoms with van der Waals surface area (Å²) in [7, 11) is 0. The van der Waals surface area contributed by atoms with Gasteiger partial charge in [0, 0.05) is 6.07 Å². The van der Waals surface area contributed by atoms with Crippen LogP contribution in [0.1, 0.15) is 5.56 Å². The molecule has 0 saturated carbocycles. The van der Waals surface area contributed by atoms with Gasteiger partial charge in [-0.15, -0.1) is 0 Å². The molecule has 0 aliphatic carbocycles. The van der Waals surface area contributed by atoms with E-state index in [1.54, 1.807) is 6.92 Å². The molecule has 18 heavy (non-hydrogen) atoms. The van der Waals surface area contributed by atoms with Crippen LogP contribution in [0, 0.1) is 12.7 Å². The van der Waals surface area contributed by atoms with Crippen molar-refractivity contribution in [2.24, 2.45) is 0 Å². The average Bonchev–Trinajstić information content (AvgIpc) is 2.32. The fourth-order valence-corrected chi connectivity index (χ4v) is 1.91. The van der Waals surface area contributed by atoms with E-state index in [0.717, 1.165) is 0 Å². The molecule has 0 amide bonds. The molecule has 1 aromatic carbocycles. The zero-order valence-electron chi connectivity index (χ0n) is 9.25. The average molecular weight is 333 g/mol. The third-order valence-electron chi connectivity index (χ3n) is 2.26. The van der Waals surface area contributed by atoms with Crippen molar-refractivity contribution in [3.8, 4) is 11.6 Å². The van der Waals surface area contributed by atoms with Gasteiger partial charge < -0.3 is 10.5 Å². The van der Waals surface area contributed by atoms with Gasteiger partial charge in [0.1, 0.15) is 18.0 Å². The van der Waals surface area contributed by atoms with Crippen LogP contribution in [-0.2, 0) is 0 Å². The maximum absolute atomic E-state index is 13.4. The summed E-state index contributed by atoms with van der Waals surface area (Å²) >= 11 is 8.98. The molecule has 2 aromatic rings. The van der Waals surface area contributed by atoms with E-state index in [-0.39, 0.29) is 21.1 Å². The Morgan fingerprint density at radius 3 is 2.83 bits per heavy atom. The molecule has 1 aromatic heterocycles. The summed E-state index contributed by atoms with van der Waals surface area (Å²) in [5.41, 5.74) is 6.19. The van der Waals surface area contributed by atoms with Crippen molar-refractivity contribution in [2.45, 2.75) is 6.92 Å². The molecule has 0 radical (unpaired) electrons. The Kier molecular flexibility index (Phi) is 3.68. The van der Waals surface area contributed by atoms with Gasteiger partial charge in [-0.05, 0) is 28.9 Å². The van der Waals surface area contributed by atoms with Crippen LogP contribution < -0.4 is 10.5 Å². The highest BCUT2D eigenvalue weighted by Gasteiger charge is 2.12. The molecule has 0 unspecified atom stereocenters. The van der Waals surface area contributed by atoms with E-state index in [4.69, 9.17) is 22.1 Å². The number of halogens is 3. The molecule has 0 saturated heterocycles. The van der Waals surface area contributed by atoms with Crippen LogP contribution in [0.3, 0.4) is 0 Å². The largest absolute Gasteiger partial charge is 0.437 e. The summed E-state index contributed by atoms with van der Waals surface area (Å²) < 4.78 is 19.1. The second kappa shape index (κ2) is 5.07. The molecule has 0 atom stereocenters. The topological polar surface area (TPSA) is 61.0 Å². The van der Waals surface area contributed by atoms with E-state index in [0.29, 0.717) is 11.4 Å². The monoisotopic (exact) mass is 331 g/mol. The molecule has 7 heteroatoms. The molecule has 0 aliphatic heterocycles. The molecular formula is C11H8BrClFN3O. The standard InChI is InChI=1S/C11H8BrClFN3O/c1-5-10(15)16-4-17-11(5)18-9-3-8(14)6(12)2-7(9)13/h2-4H,1H3,(H2,15,16,17). The molecular weight excluding hydrogens is 324 g/mol. The SMILES string of the molecule is Cc1c(N)ncnc1Oc1cc(F)c(Br)cc1Cl. The molecule has 0 fully saturated rings. The highest BCUT2D eigenvalue weighted by Crippen LogP contribution is 2.34. The number of aromatic nitrogens is 2. The summed E-state index contributed by atoms with van der Waals surface area (Å²) in [6, 6.07) is 2.58. The Balaban J connectivity index is 2.40. The van der Waals surface area contributed by atoms with Gasteiger partial charge in [-0.1, -0.05) is 11.6 Å². The van der Waals surface area contributed by atoms with E-state index in [1.807, 2.05) is 0 Å². The van der Waals surface area contributed by atoms with Gasteiger partial charge >= 0.3 is 0 Å². The van der Waals surface area contributed by atoms with Crippen LogP contribution in [-0.4, -0.2) is 9.97 Å². The predicted molar refractivity (Wildman–Crippen MR) is 70.4 cm³/mol. The predicted octanol–water partition coefficient (Wildman–Crippen LogP) is 3.71. The lowest BCUT2D eigenvalue weighted by molar-refractivity contribution is 0.453. The van der Waals surface area contributed by atoms with Gasteiger partial charge in [-0.25, -0.2) is 14.4 Å². The van der Waals surface area contributed by atoms with Gasteiger partial charge in [0.05, 0.1) is 15.1 Å². The van der Waals surface area contributed by atoms with E-state index in [1.165, 1.54) is 18.5 Å². The quantitative estimate of drug-likeness (QED) is 0.852. The highest BCUT2D eigenvalue weighted by molar-refractivity contribution is 9.10. The third kappa shape index (κ3) is 2.54. The Morgan fingerprint density at radius 2 is 2.11 bits per heavy atom. The van der Waals surface area contributed by atoms with Gasteiger partial charge in [-0.2, -0.15) is 0 Å². The van der Waals surface area contributed by atoms with Crippen LogP contribution in [0.2, 0.25) is 5.02 Å². The molecule has 0 aliphatic rings. The van der Waals surface area contributed by atoms with Crippen molar-refractivity contribution in [3.63, 3.8) is 0 Å². The van der Waals surface area contributed by atoms with Gasteiger partial charge in [-0.3, -0.25) is 0 Å². The van der Waals surface area contributed by atoms with Crippen LogP contribution in [0.5, 0.6) is 11.6 Å². The zero-order chi connectivity index (χ0) is 13.3. The molecule has 0 spiro atoms. The van der Waals surface area contributed by atoms with Crippen molar-refractivity contribution in [1.82, 2.24) is 9.97 Å². The number of anilines is 1. The third-order valence-corrected chi connectivity index (χ3v) is 3.16. The lowest BCUT2D eigenvalue weighted by atomic mass is 10.3. The minimum absolute atomic E-state index is 0.165. The summed E-state index contributed by atoms with van der Waals surface area (Å²) in [5.74, 6) is 0.229. The van der Waals surface area contributed by atoms with Crippen molar-refractivity contribution >= 4 is 33.3 Å². The number of ether oxygens (including phenoxy) is 1. The minimum atomic E-state index is -0.478. The van der Waals surface area contributed by atoms with Gasteiger partial charge in [0.15, 0.2) is 5.75 Å². The maximum atomic E-state index is 13.4. The summed E-state index contributed by atoms with van der Waals surface area (Å²) in [6.07, 6.45) is 1.26. The minimum Gasteiger partial charge on any atom is -0.437 e. The molecule has 4 nitrogen and oxygen atoms in total. The zero-order valence-corrected chi connectivity index (χ0v) is 11.6. The number of nitrogen functional groups attached to an aromatic ring is 1. The van der Waals surface area contributed by atoms with E-state index >= 15 is 0 Å². The first-order valence-electron chi connectivity index (χ1n) is 4.88. The van der Waals surface area contributed by atoms with Crippen LogP contribution >= 0.6 is 27.5 Å².